The molecule has 7 nitrogen and oxygen atoms in total. The van der Waals surface area contributed by atoms with Gasteiger partial charge in [0, 0.05) is 31.2 Å². The first-order valence-electron chi connectivity index (χ1n) is 7.76. The van der Waals surface area contributed by atoms with E-state index in [0.717, 1.165) is 30.9 Å². The second-order valence-electron chi connectivity index (χ2n) is 5.75. The normalized spacial score (nSPS) is 17.7. The number of anilines is 1. The average Bonchev–Trinajstić information content (AvgIpc) is 3.26. The van der Waals surface area contributed by atoms with Crippen LogP contribution < -0.4 is 10.6 Å². The number of amides is 1. The zero-order valence-electron chi connectivity index (χ0n) is 12.6. The molecule has 0 aliphatic carbocycles. The Morgan fingerprint density at radius 1 is 1.35 bits per heavy atom. The second-order valence-corrected chi connectivity index (χ2v) is 5.75. The van der Waals surface area contributed by atoms with Crippen LogP contribution in [0.25, 0.3) is 5.65 Å². The van der Waals surface area contributed by atoms with Gasteiger partial charge < -0.3 is 15.0 Å². The Hall–Kier alpha value is -2.67. The summed E-state index contributed by atoms with van der Waals surface area (Å²) in [4.78, 5) is 16.6. The van der Waals surface area contributed by atoms with Crippen LogP contribution in [0.3, 0.4) is 0 Å². The number of hydrogen-bond acceptors (Lipinski definition) is 4. The lowest BCUT2D eigenvalue weighted by Gasteiger charge is -2.08. The van der Waals surface area contributed by atoms with Crippen LogP contribution >= 0.6 is 0 Å². The standard InChI is InChI=1S/C16H18N6O/c23-16(9-12-11-21-7-2-1-3-15(21)18-12)19-14-5-8-22(20-14)13-4-6-17-10-13/h1-3,5,7-8,11,13,17H,4,6,9-10H2,(H,19,20,23). The van der Waals surface area contributed by atoms with Gasteiger partial charge in [0.15, 0.2) is 5.82 Å². The summed E-state index contributed by atoms with van der Waals surface area (Å²) in [5.74, 6) is 0.480. The minimum absolute atomic E-state index is 0.108. The monoisotopic (exact) mass is 310 g/mol. The van der Waals surface area contributed by atoms with Crippen molar-refractivity contribution in [2.75, 3.05) is 18.4 Å². The fourth-order valence-corrected chi connectivity index (χ4v) is 2.90. The first-order chi connectivity index (χ1) is 11.3. The molecular formula is C16H18N6O. The Morgan fingerprint density at radius 2 is 2.30 bits per heavy atom. The highest BCUT2D eigenvalue weighted by atomic mass is 16.1. The van der Waals surface area contributed by atoms with Crippen molar-refractivity contribution < 1.29 is 4.79 Å². The number of pyridine rings is 1. The number of carbonyl (C=O) groups is 1. The predicted molar refractivity (Wildman–Crippen MR) is 86.3 cm³/mol. The van der Waals surface area contributed by atoms with Crippen LogP contribution in [0.1, 0.15) is 18.2 Å². The third-order valence-electron chi connectivity index (χ3n) is 4.04. The van der Waals surface area contributed by atoms with Crippen molar-refractivity contribution >= 4 is 17.4 Å². The Bertz CT molecular complexity index is 797. The van der Waals surface area contributed by atoms with E-state index in [9.17, 15) is 4.79 Å². The number of rotatable bonds is 4. The van der Waals surface area contributed by atoms with Crippen LogP contribution in [0, 0.1) is 0 Å². The summed E-state index contributed by atoms with van der Waals surface area (Å²) in [5, 5.41) is 10.6. The summed E-state index contributed by atoms with van der Waals surface area (Å²) in [6, 6.07) is 7.98. The predicted octanol–water partition coefficient (Wildman–Crippen LogP) is 1.25. The Balaban J connectivity index is 1.41. The van der Waals surface area contributed by atoms with Gasteiger partial charge in [-0.15, -0.1) is 0 Å². The molecule has 23 heavy (non-hydrogen) atoms. The van der Waals surface area contributed by atoms with E-state index in [-0.39, 0.29) is 12.3 Å². The van der Waals surface area contributed by atoms with E-state index >= 15 is 0 Å². The van der Waals surface area contributed by atoms with Crippen LogP contribution in [0.2, 0.25) is 0 Å². The molecule has 1 atom stereocenters. The zero-order valence-corrected chi connectivity index (χ0v) is 12.6. The fourth-order valence-electron chi connectivity index (χ4n) is 2.90. The van der Waals surface area contributed by atoms with Gasteiger partial charge in [0.2, 0.25) is 5.91 Å². The number of hydrogen-bond donors (Lipinski definition) is 2. The third kappa shape index (κ3) is 2.95. The number of nitrogens with zero attached hydrogens (tertiary/aromatic N) is 4. The molecule has 0 bridgehead atoms. The molecule has 1 unspecified atom stereocenters. The Labute approximate surface area is 133 Å². The molecule has 1 saturated heterocycles. The Kier molecular flexibility index (Phi) is 3.55. The molecule has 118 valence electrons. The van der Waals surface area contributed by atoms with Gasteiger partial charge in [0.25, 0.3) is 0 Å². The van der Waals surface area contributed by atoms with Crippen molar-refractivity contribution in [3.63, 3.8) is 0 Å². The van der Waals surface area contributed by atoms with Crippen molar-refractivity contribution in [2.45, 2.75) is 18.9 Å². The molecule has 0 saturated carbocycles. The van der Waals surface area contributed by atoms with Crippen LogP contribution in [0.5, 0.6) is 0 Å². The molecule has 4 heterocycles. The molecule has 0 radical (unpaired) electrons. The maximum atomic E-state index is 12.2. The average molecular weight is 310 g/mol. The SMILES string of the molecule is O=C(Cc1cn2ccccc2n1)Nc1ccn(C2CCNC2)n1. The quantitative estimate of drug-likeness (QED) is 0.760. The maximum Gasteiger partial charge on any atom is 0.231 e. The lowest BCUT2D eigenvalue weighted by atomic mass is 10.3. The van der Waals surface area contributed by atoms with Gasteiger partial charge in [0.05, 0.1) is 18.2 Å². The van der Waals surface area contributed by atoms with Crippen molar-refractivity contribution in [3.05, 3.63) is 48.5 Å². The first kappa shape index (κ1) is 14.0. The first-order valence-corrected chi connectivity index (χ1v) is 7.76. The molecule has 1 aliphatic heterocycles. The Morgan fingerprint density at radius 3 is 3.13 bits per heavy atom. The number of nitrogens with one attached hydrogen (secondary N) is 2. The van der Waals surface area contributed by atoms with Crippen LogP contribution in [-0.4, -0.2) is 38.2 Å². The molecule has 1 aliphatic rings. The topological polar surface area (TPSA) is 76.2 Å². The fraction of sp³-hybridized carbons (Fsp3) is 0.312. The summed E-state index contributed by atoms with van der Waals surface area (Å²) >= 11 is 0. The van der Waals surface area contributed by atoms with Gasteiger partial charge in [-0.05, 0) is 25.1 Å². The number of aromatic nitrogens is 4. The molecule has 7 heteroatoms. The van der Waals surface area contributed by atoms with E-state index in [1.165, 1.54) is 0 Å². The number of fused-ring (bicyclic) bond motifs is 1. The number of carbonyl (C=O) groups excluding carboxylic acids is 1. The maximum absolute atomic E-state index is 12.2. The lowest BCUT2D eigenvalue weighted by molar-refractivity contribution is -0.115. The van der Waals surface area contributed by atoms with Crippen LogP contribution in [0.4, 0.5) is 5.82 Å². The van der Waals surface area contributed by atoms with E-state index < -0.39 is 0 Å². The molecule has 1 amide bonds. The van der Waals surface area contributed by atoms with Gasteiger partial charge in [-0.25, -0.2) is 4.98 Å². The van der Waals surface area contributed by atoms with Gasteiger partial charge >= 0.3 is 0 Å². The van der Waals surface area contributed by atoms with E-state index in [0.29, 0.717) is 11.9 Å². The highest BCUT2D eigenvalue weighted by Gasteiger charge is 2.17. The van der Waals surface area contributed by atoms with Gasteiger partial charge in [-0.3, -0.25) is 9.48 Å². The van der Waals surface area contributed by atoms with Crippen molar-refractivity contribution in [1.29, 1.82) is 0 Å². The third-order valence-corrected chi connectivity index (χ3v) is 4.04. The molecular weight excluding hydrogens is 292 g/mol. The molecule has 3 aromatic rings. The molecule has 3 aromatic heterocycles. The van der Waals surface area contributed by atoms with Crippen molar-refractivity contribution in [3.8, 4) is 0 Å². The summed E-state index contributed by atoms with van der Waals surface area (Å²) in [7, 11) is 0. The summed E-state index contributed by atoms with van der Waals surface area (Å²) in [6.45, 7) is 1.94. The van der Waals surface area contributed by atoms with E-state index in [1.54, 1.807) is 0 Å². The summed E-state index contributed by atoms with van der Waals surface area (Å²) in [6.07, 6.45) is 7.01. The number of imidazole rings is 1. The largest absolute Gasteiger partial charge is 0.315 e. The summed E-state index contributed by atoms with van der Waals surface area (Å²) in [5.41, 5.74) is 1.58. The van der Waals surface area contributed by atoms with E-state index in [2.05, 4.69) is 20.7 Å². The molecule has 2 N–H and O–H groups in total. The molecule has 0 spiro atoms. The van der Waals surface area contributed by atoms with Crippen molar-refractivity contribution in [1.82, 2.24) is 24.5 Å². The minimum Gasteiger partial charge on any atom is -0.315 e. The van der Waals surface area contributed by atoms with Gasteiger partial charge in [0.1, 0.15) is 5.65 Å². The van der Waals surface area contributed by atoms with Crippen molar-refractivity contribution in [2.24, 2.45) is 0 Å². The molecule has 1 fully saturated rings. The van der Waals surface area contributed by atoms with Crippen LogP contribution in [-0.2, 0) is 11.2 Å². The highest BCUT2D eigenvalue weighted by Crippen LogP contribution is 2.16. The lowest BCUT2D eigenvalue weighted by Crippen LogP contribution is -2.17. The van der Waals surface area contributed by atoms with E-state index in [1.807, 2.05) is 51.9 Å². The van der Waals surface area contributed by atoms with Crippen LogP contribution in [0.15, 0.2) is 42.9 Å². The molecule has 4 rings (SSSR count). The highest BCUT2D eigenvalue weighted by molar-refractivity contribution is 5.91. The van der Waals surface area contributed by atoms with E-state index in [4.69, 9.17) is 0 Å². The zero-order chi connectivity index (χ0) is 15.6. The smallest absolute Gasteiger partial charge is 0.231 e. The summed E-state index contributed by atoms with van der Waals surface area (Å²) < 4.78 is 3.82. The molecule has 0 aromatic carbocycles. The minimum atomic E-state index is -0.108. The second kappa shape index (κ2) is 5.85. The van der Waals surface area contributed by atoms with Gasteiger partial charge in [-0.1, -0.05) is 6.07 Å². The van der Waals surface area contributed by atoms with Gasteiger partial charge in [-0.2, -0.15) is 5.10 Å².